The summed E-state index contributed by atoms with van der Waals surface area (Å²) in [5.41, 5.74) is 2.07. The van der Waals surface area contributed by atoms with Gasteiger partial charge < -0.3 is 4.90 Å². The second-order valence-electron chi connectivity index (χ2n) is 3.73. The first-order valence-corrected chi connectivity index (χ1v) is 5.07. The van der Waals surface area contributed by atoms with Crippen LogP contribution in [0.3, 0.4) is 0 Å². The van der Waals surface area contributed by atoms with Crippen LogP contribution in [0.1, 0.15) is 5.56 Å². The molecule has 0 fully saturated rings. The number of halogens is 1. The lowest BCUT2D eigenvalue weighted by atomic mass is 10.1. The monoisotopic (exact) mass is 221 g/mol. The van der Waals surface area contributed by atoms with Gasteiger partial charge in [-0.15, -0.1) is 0 Å². The van der Waals surface area contributed by atoms with Crippen molar-refractivity contribution in [2.75, 3.05) is 19.0 Å². The average molecular weight is 222 g/mol. The Labute approximate surface area is 93.7 Å². The molecule has 0 aliphatic carbocycles. The van der Waals surface area contributed by atoms with Gasteiger partial charge in [0.15, 0.2) is 0 Å². The van der Waals surface area contributed by atoms with Crippen LogP contribution in [0.25, 0.3) is 10.9 Å². The van der Waals surface area contributed by atoms with Crippen LogP contribution >= 0.6 is 11.6 Å². The maximum Gasteiger partial charge on any atom is 0.224 e. The molecule has 4 heteroatoms. The lowest BCUT2D eigenvalue weighted by molar-refractivity contribution is 1.06. The van der Waals surface area contributed by atoms with Gasteiger partial charge in [0.1, 0.15) is 5.82 Å². The van der Waals surface area contributed by atoms with E-state index in [1.165, 1.54) is 5.56 Å². The number of aromatic nitrogens is 2. The van der Waals surface area contributed by atoms with Crippen molar-refractivity contribution in [3.8, 4) is 0 Å². The van der Waals surface area contributed by atoms with Crippen LogP contribution in [0.15, 0.2) is 18.2 Å². The molecule has 0 saturated carbocycles. The number of anilines is 1. The van der Waals surface area contributed by atoms with Gasteiger partial charge in [-0.3, -0.25) is 0 Å². The smallest absolute Gasteiger partial charge is 0.224 e. The van der Waals surface area contributed by atoms with E-state index in [-0.39, 0.29) is 5.28 Å². The summed E-state index contributed by atoms with van der Waals surface area (Å²) in [6.07, 6.45) is 0. The third-order valence-electron chi connectivity index (χ3n) is 2.23. The molecule has 0 amide bonds. The first-order chi connectivity index (χ1) is 7.08. The molecule has 0 atom stereocenters. The molecule has 15 heavy (non-hydrogen) atoms. The summed E-state index contributed by atoms with van der Waals surface area (Å²) in [5.74, 6) is 0.855. The fraction of sp³-hybridized carbons (Fsp3) is 0.273. The van der Waals surface area contributed by atoms with Gasteiger partial charge in [-0.25, -0.2) is 4.98 Å². The maximum atomic E-state index is 5.86. The van der Waals surface area contributed by atoms with Gasteiger partial charge in [-0.2, -0.15) is 4.98 Å². The number of rotatable bonds is 1. The van der Waals surface area contributed by atoms with E-state index >= 15 is 0 Å². The highest BCUT2D eigenvalue weighted by atomic mass is 35.5. The second kappa shape index (κ2) is 3.66. The molecule has 1 aromatic carbocycles. The summed E-state index contributed by atoms with van der Waals surface area (Å²) in [6, 6.07) is 6.05. The van der Waals surface area contributed by atoms with Crippen LogP contribution in [0, 0.1) is 6.92 Å². The van der Waals surface area contributed by atoms with Crippen molar-refractivity contribution < 1.29 is 0 Å². The van der Waals surface area contributed by atoms with Crippen LogP contribution in [0.2, 0.25) is 5.28 Å². The first-order valence-electron chi connectivity index (χ1n) is 4.69. The van der Waals surface area contributed by atoms with Crippen molar-refractivity contribution in [1.82, 2.24) is 9.97 Å². The number of hydrogen-bond donors (Lipinski definition) is 0. The molecule has 1 aromatic heterocycles. The zero-order chi connectivity index (χ0) is 11.0. The third kappa shape index (κ3) is 1.88. The van der Waals surface area contributed by atoms with E-state index in [1.54, 1.807) is 0 Å². The van der Waals surface area contributed by atoms with E-state index in [2.05, 4.69) is 16.0 Å². The predicted octanol–water partition coefficient (Wildman–Crippen LogP) is 2.66. The molecule has 78 valence electrons. The Bertz CT molecular complexity index is 508. The number of aryl methyl sites for hydroxylation is 1. The van der Waals surface area contributed by atoms with Gasteiger partial charge in [0.25, 0.3) is 0 Å². The molecule has 0 spiro atoms. The SMILES string of the molecule is Cc1ccc2nc(Cl)nc(N(C)C)c2c1. The normalized spacial score (nSPS) is 10.7. The molecular formula is C11H12ClN3. The van der Waals surface area contributed by atoms with E-state index < -0.39 is 0 Å². The van der Waals surface area contributed by atoms with E-state index in [0.29, 0.717) is 0 Å². The summed E-state index contributed by atoms with van der Waals surface area (Å²) in [4.78, 5) is 10.3. The lowest BCUT2D eigenvalue weighted by Gasteiger charge is -2.14. The molecular weight excluding hydrogens is 210 g/mol. The lowest BCUT2D eigenvalue weighted by Crippen LogP contribution is -2.11. The van der Waals surface area contributed by atoms with Crippen LogP contribution in [-0.4, -0.2) is 24.1 Å². The molecule has 0 bridgehead atoms. The molecule has 3 nitrogen and oxygen atoms in total. The summed E-state index contributed by atoms with van der Waals surface area (Å²) in [5, 5.41) is 1.32. The topological polar surface area (TPSA) is 29.0 Å². The highest BCUT2D eigenvalue weighted by Crippen LogP contribution is 2.24. The standard InChI is InChI=1S/C11H12ClN3/c1-7-4-5-9-8(6-7)10(15(2)3)14-11(12)13-9/h4-6H,1-3H3. The molecule has 0 saturated heterocycles. The largest absolute Gasteiger partial charge is 0.362 e. The Hall–Kier alpha value is -1.35. The minimum absolute atomic E-state index is 0.287. The Morgan fingerprint density at radius 3 is 2.60 bits per heavy atom. The maximum absolute atomic E-state index is 5.86. The number of benzene rings is 1. The fourth-order valence-corrected chi connectivity index (χ4v) is 1.71. The molecule has 0 aliphatic heterocycles. The Balaban J connectivity index is 2.81. The van der Waals surface area contributed by atoms with Crippen molar-refractivity contribution in [1.29, 1.82) is 0 Å². The van der Waals surface area contributed by atoms with Gasteiger partial charge in [0, 0.05) is 19.5 Å². The summed E-state index contributed by atoms with van der Waals surface area (Å²) >= 11 is 5.86. The van der Waals surface area contributed by atoms with Crippen LogP contribution in [-0.2, 0) is 0 Å². The van der Waals surface area contributed by atoms with Gasteiger partial charge in [-0.1, -0.05) is 11.6 Å². The van der Waals surface area contributed by atoms with E-state index in [9.17, 15) is 0 Å². The Kier molecular flexibility index (Phi) is 2.49. The highest BCUT2D eigenvalue weighted by Gasteiger charge is 2.07. The van der Waals surface area contributed by atoms with Crippen molar-refractivity contribution in [2.45, 2.75) is 6.92 Å². The quantitative estimate of drug-likeness (QED) is 0.694. The number of hydrogen-bond acceptors (Lipinski definition) is 3. The van der Waals surface area contributed by atoms with Crippen LogP contribution < -0.4 is 4.90 Å². The fourth-order valence-electron chi connectivity index (χ4n) is 1.54. The number of nitrogens with zero attached hydrogens (tertiary/aromatic N) is 3. The van der Waals surface area contributed by atoms with Crippen molar-refractivity contribution in [2.24, 2.45) is 0 Å². The summed E-state index contributed by atoms with van der Waals surface area (Å²) in [7, 11) is 3.89. The van der Waals surface area contributed by atoms with E-state index in [0.717, 1.165) is 16.7 Å². The zero-order valence-electron chi connectivity index (χ0n) is 8.95. The molecule has 0 radical (unpaired) electrons. The van der Waals surface area contributed by atoms with E-state index in [1.807, 2.05) is 38.1 Å². The predicted molar refractivity (Wildman–Crippen MR) is 63.6 cm³/mol. The Morgan fingerprint density at radius 2 is 1.93 bits per heavy atom. The minimum Gasteiger partial charge on any atom is -0.362 e. The van der Waals surface area contributed by atoms with Gasteiger partial charge in [0.05, 0.1) is 5.52 Å². The average Bonchev–Trinajstić information content (AvgIpc) is 2.17. The molecule has 2 rings (SSSR count). The van der Waals surface area contributed by atoms with Crippen molar-refractivity contribution in [3.05, 3.63) is 29.0 Å². The van der Waals surface area contributed by atoms with E-state index in [4.69, 9.17) is 11.6 Å². The van der Waals surface area contributed by atoms with Crippen LogP contribution in [0.5, 0.6) is 0 Å². The Morgan fingerprint density at radius 1 is 1.20 bits per heavy atom. The third-order valence-corrected chi connectivity index (χ3v) is 2.40. The minimum atomic E-state index is 0.287. The van der Waals surface area contributed by atoms with Crippen molar-refractivity contribution in [3.63, 3.8) is 0 Å². The van der Waals surface area contributed by atoms with Gasteiger partial charge >= 0.3 is 0 Å². The highest BCUT2D eigenvalue weighted by molar-refractivity contribution is 6.28. The summed E-state index contributed by atoms with van der Waals surface area (Å²) in [6.45, 7) is 2.05. The van der Waals surface area contributed by atoms with Crippen molar-refractivity contribution >= 4 is 28.3 Å². The van der Waals surface area contributed by atoms with Gasteiger partial charge in [0.2, 0.25) is 5.28 Å². The molecule has 2 aromatic rings. The van der Waals surface area contributed by atoms with Gasteiger partial charge in [-0.05, 0) is 30.7 Å². The molecule has 0 N–H and O–H groups in total. The second-order valence-corrected chi connectivity index (χ2v) is 4.07. The molecule has 1 heterocycles. The molecule has 0 unspecified atom stereocenters. The molecule has 0 aliphatic rings. The van der Waals surface area contributed by atoms with Crippen LogP contribution in [0.4, 0.5) is 5.82 Å². The summed E-state index contributed by atoms with van der Waals surface area (Å²) < 4.78 is 0. The first kappa shape index (κ1) is 10.2. The number of fused-ring (bicyclic) bond motifs is 1. The zero-order valence-corrected chi connectivity index (χ0v) is 9.71.